The Bertz CT molecular complexity index is 1710. The molecule has 8 nitrogen and oxygen atoms in total. The predicted molar refractivity (Wildman–Crippen MR) is 170 cm³/mol. The molecule has 0 aliphatic carbocycles. The molecule has 0 radical (unpaired) electrons. The molecular weight excluding hydrogens is 602 g/mol. The molecule has 0 bridgehead atoms. The highest BCUT2D eigenvalue weighted by atomic mass is 32.2. The lowest BCUT2D eigenvalue weighted by molar-refractivity contribution is -0.117. The van der Waals surface area contributed by atoms with Crippen molar-refractivity contribution in [2.24, 2.45) is 0 Å². The Balaban J connectivity index is 1.50. The number of benzene rings is 3. The fraction of sp³-hybridized carbons (Fsp3) is 0.212. The molecule has 1 N–H and O–H groups in total. The average Bonchev–Trinajstić information content (AvgIpc) is 3.61. The van der Waals surface area contributed by atoms with Gasteiger partial charge < -0.3 is 14.6 Å². The molecule has 2 heterocycles. The van der Waals surface area contributed by atoms with Gasteiger partial charge in [0.05, 0.1) is 25.3 Å². The minimum Gasteiger partial charge on any atom is -0.503 e. The van der Waals surface area contributed by atoms with E-state index in [1.807, 2.05) is 30.3 Å². The lowest BCUT2D eigenvalue weighted by Gasteiger charge is -2.24. The zero-order valence-electron chi connectivity index (χ0n) is 24.1. The fourth-order valence-corrected chi connectivity index (χ4v) is 6.46. The third-order valence-corrected chi connectivity index (χ3v) is 8.97. The first kappa shape index (κ1) is 31.0. The summed E-state index contributed by atoms with van der Waals surface area (Å²) in [6.45, 7) is 2.57. The van der Waals surface area contributed by atoms with Crippen molar-refractivity contribution < 1.29 is 28.6 Å². The number of anilines is 1. The molecular formula is C33H30FN3O5S2. The number of nitrogens with zero attached hydrogens (tertiary/aromatic N) is 3. The molecule has 5 rings (SSSR count). The van der Waals surface area contributed by atoms with E-state index in [0.717, 1.165) is 29.7 Å². The van der Waals surface area contributed by atoms with E-state index in [4.69, 9.17) is 9.47 Å². The summed E-state index contributed by atoms with van der Waals surface area (Å²) in [5.41, 5.74) is 1.71. The molecule has 1 aromatic heterocycles. The van der Waals surface area contributed by atoms with Crippen LogP contribution in [-0.2, 0) is 15.3 Å². The van der Waals surface area contributed by atoms with Gasteiger partial charge in [0.1, 0.15) is 5.82 Å². The number of aliphatic hydroxyl groups excluding tert-OH is 1. The summed E-state index contributed by atoms with van der Waals surface area (Å²) in [5.74, 6) is -1.06. The number of unbranched alkanes of at least 4 members (excludes halogenated alkanes) is 1. The van der Waals surface area contributed by atoms with Crippen molar-refractivity contribution in [3.63, 3.8) is 0 Å². The van der Waals surface area contributed by atoms with Crippen LogP contribution in [0.4, 0.5) is 9.52 Å². The summed E-state index contributed by atoms with van der Waals surface area (Å²) >= 11 is 2.38. The van der Waals surface area contributed by atoms with Crippen LogP contribution in [0.2, 0.25) is 0 Å². The lowest BCUT2D eigenvalue weighted by Crippen LogP contribution is -2.30. The molecule has 1 aliphatic heterocycles. The largest absolute Gasteiger partial charge is 0.503 e. The fourth-order valence-electron chi connectivity index (χ4n) is 4.61. The minimum atomic E-state index is -1.02. The van der Waals surface area contributed by atoms with Crippen LogP contribution in [0.15, 0.2) is 94.5 Å². The Morgan fingerprint density at radius 2 is 1.86 bits per heavy atom. The molecule has 0 spiro atoms. The van der Waals surface area contributed by atoms with E-state index in [1.54, 1.807) is 42.5 Å². The van der Waals surface area contributed by atoms with Gasteiger partial charge in [0, 0.05) is 5.75 Å². The Morgan fingerprint density at radius 1 is 1.09 bits per heavy atom. The number of hydrogen-bond acceptors (Lipinski definition) is 9. The number of methoxy groups -OCH3 is 1. The zero-order chi connectivity index (χ0) is 31.1. The van der Waals surface area contributed by atoms with Crippen LogP contribution < -0.4 is 14.4 Å². The average molecular weight is 632 g/mol. The van der Waals surface area contributed by atoms with E-state index in [0.29, 0.717) is 39.3 Å². The number of rotatable bonds is 13. The molecule has 0 saturated carbocycles. The number of halogens is 1. The predicted octanol–water partition coefficient (Wildman–Crippen LogP) is 7.34. The second kappa shape index (κ2) is 14.3. The Labute approximate surface area is 262 Å². The van der Waals surface area contributed by atoms with Crippen LogP contribution in [0.3, 0.4) is 0 Å². The first-order valence-electron chi connectivity index (χ1n) is 14.0. The molecule has 1 amide bonds. The van der Waals surface area contributed by atoms with Crippen LogP contribution >= 0.6 is 23.1 Å². The number of ketones is 1. The first-order chi connectivity index (χ1) is 21.4. The summed E-state index contributed by atoms with van der Waals surface area (Å²) in [4.78, 5) is 28.5. The van der Waals surface area contributed by atoms with E-state index in [9.17, 15) is 19.1 Å². The van der Waals surface area contributed by atoms with Crippen LogP contribution in [-0.4, -0.2) is 40.7 Å². The van der Waals surface area contributed by atoms with Gasteiger partial charge in [0.25, 0.3) is 5.91 Å². The van der Waals surface area contributed by atoms with Crippen molar-refractivity contribution in [2.45, 2.75) is 35.9 Å². The van der Waals surface area contributed by atoms with Gasteiger partial charge in [0.15, 0.2) is 27.4 Å². The maximum atomic E-state index is 14.2. The van der Waals surface area contributed by atoms with Gasteiger partial charge in [-0.1, -0.05) is 97.1 Å². The molecule has 1 aliphatic rings. The van der Waals surface area contributed by atoms with Crippen molar-refractivity contribution in [2.75, 3.05) is 18.6 Å². The molecule has 44 heavy (non-hydrogen) atoms. The van der Waals surface area contributed by atoms with Gasteiger partial charge >= 0.3 is 0 Å². The van der Waals surface area contributed by atoms with Gasteiger partial charge in [-0.2, -0.15) is 0 Å². The van der Waals surface area contributed by atoms with Crippen LogP contribution in [0.25, 0.3) is 6.08 Å². The number of aromatic nitrogens is 2. The van der Waals surface area contributed by atoms with Crippen molar-refractivity contribution in [3.8, 4) is 11.5 Å². The molecule has 11 heteroatoms. The third-order valence-electron chi connectivity index (χ3n) is 6.87. The number of hydrogen-bond donors (Lipinski definition) is 1. The molecule has 3 aromatic carbocycles. The van der Waals surface area contributed by atoms with Crippen molar-refractivity contribution >= 4 is 46.0 Å². The Morgan fingerprint density at radius 3 is 2.61 bits per heavy atom. The number of thioether (sulfide) groups is 1. The second-order valence-electron chi connectivity index (χ2n) is 9.79. The van der Waals surface area contributed by atoms with Gasteiger partial charge in [0.2, 0.25) is 5.13 Å². The third kappa shape index (κ3) is 6.84. The number of allylic oxidation sites excluding steroid dienone is 1. The molecule has 0 fully saturated rings. The number of aliphatic hydroxyl groups is 1. The quantitative estimate of drug-likeness (QED) is 0.0708. The molecule has 1 atom stereocenters. The molecule has 226 valence electrons. The normalized spacial score (nSPS) is 14.9. The summed E-state index contributed by atoms with van der Waals surface area (Å²) in [6.07, 6.45) is 4.79. The molecule has 0 saturated heterocycles. The van der Waals surface area contributed by atoms with E-state index >= 15 is 0 Å². The van der Waals surface area contributed by atoms with Gasteiger partial charge in [-0.15, -0.1) is 10.2 Å². The van der Waals surface area contributed by atoms with Crippen LogP contribution in [0, 0.1) is 5.82 Å². The Kier molecular flexibility index (Phi) is 10.1. The number of carbonyl (C=O) groups is 2. The SMILES string of the molecule is CCCCOc1ccc(C2C(C(=O)/C=C/c3ccccc3)=C(O)C(=O)N2c2nnc(SCc3ccccc3F)s2)cc1OC. The highest BCUT2D eigenvalue weighted by Gasteiger charge is 2.45. The monoisotopic (exact) mass is 631 g/mol. The maximum absolute atomic E-state index is 14.2. The number of ether oxygens (including phenoxy) is 2. The summed E-state index contributed by atoms with van der Waals surface area (Å²) in [6, 6.07) is 19.8. The van der Waals surface area contributed by atoms with Crippen LogP contribution in [0.1, 0.15) is 42.5 Å². The van der Waals surface area contributed by atoms with Crippen molar-refractivity contribution in [1.29, 1.82) is 0 Å². The van der Waals surface area contributed by atoms with E-state index in [2.05, 4.69) is 17.1 Å². The second-order valence-corrected chi connectivity index (χ2v) is 12.0. The molecule has 4 aromatic rings. The highest BCUT2D eigenvalue weighted by Crippen LogP contribution is 2.45. The van der Waals surface area contributed by atoms with Gasteiger partial charge in [-0.05, 0) is 47.4 Å². The van der Waals surface area contributed by atoms with Crippen molar-refractivity contribution in [1.82, 2.24) is 10.2 Å². The number of amides is 1. The topological polar surface area (TPSA) is 102 Å². The smallest absolute Gasteiger partial charge is 0.296 e. The summed E-state index contributed by atoms with van der Waals surface area (Å²) in [7, 11) is 1.51. The first-order valence-corrected chi connectivity index (χ1v) is 15.8. The van der Waals surface area contributed by atoms with Gasteiger partial charge in [-0.3, -0.25) is 14.5 Å². The lowest BCUT2D eigenvalue weighted by atomic mass is 9.95. The minimum absolute atomic E-state index is 0.0976. The van der Waals surface area contributed by atoms with Crippen molar-refractivity contribution in [3.05, 3.63) is 113 Å². The number of carbonyl (C=O) groups excluding carboxylic acids is 2. The standard InChI is InChI=1S/C33H30FN3O5S2/c1-3-4-18-42-26-17-15-22(19-27(26)41-2)29-28(25(38)16-14-21-10-6-5-7-11-21)30(39)31(40)37(29)32-35-36-33(44-32)43-20-23-12-8-9-13-24(23)34/h5-17,19,29,39H,3-4,18,20H2,1-2H3/b16-14+. The van der Waals surface area contributed by atoms with E-state index in [1.165, 1.54) is 35.9 Å². The highest BCUT2D eigenvalue weighted by molar-refractivity contribution is 8.00. The summed E-state index contributed by atoms with van der Waals surface area (Å²) in [5, 5.41) is 19.7. The van der Waals surface area contributed by atoms with Crippen LogP contribution in [0.5, 0.6) is 11.5 Å². The Hall–Kier alpha value is -4.48. The summed E-state index contributed by atoms with van der Waals surface area (Å²) < 4.78 is 26.1. The van der Waals surface area contributed by atoms with Gasteiger partial charge in [-0.25, -0.2) is 4.39 Å². The molecule has 1 unspecified atom stereocenters. The van der Waals surface area contributed by atoms with E-state index < -0.39 is 23.5 Å². The zero-order valence-corrected chi connectivity index (χ0v) is 25.7. The maximum Gasteiger partial charge on any atom is 0.296 e. The van der Waals surface area contributed by atoms with E-state index in [-0.39, 0.29) is 16.5 Å².